The van der Waals surface area contributed by atoms with Gasteiger partial charge in [-0.25, -0.2) is 0 Å². The highest BCUT2D eigenvalue weighted by Crippen LogP contribution is 2.87. The summed E-state index contributed by atoms with van der Waals surface area (Å²) in [6, 6.07) is 0. The third-order valence-corrected chi connectivity index (χ3v) is 10.8. The predicted octanol–water partition coefficient (Wildman–Crippen LogP) is 3.75. The Hall–Kier alpha value is -0.860. The average Bonchev–Trinajstić information content (AvgIpc) is 3.37. The van der Waals surface area contributed by atoms with Gasteiger partial charge < -0.3 is 4.74 Å². The molecule has 6 saturated carbocycles. The zero-order valence-electron chi connectivity index (χ0n) is 15.1. The van der Waals surface area contributed by atoms with Gasteiger partial charge in [-0.1, -0.05) is 6.92 Å². The topological polar surface area (TPSA) is 43.4 Å². The third-order valence-electron chi connectivity index (χ3n) is 10.8. The molecule has 6 aliphatic carbocycles. The van der Waals surface area contributed by atoms with Crippen LogP contribution in [0.5, 0.6) is 0 Å². The van der Waals surface area contributed by atoms with E-state index in [1.54, 1.807) is 0 Å². The van der Waals surface area contributed by atoms with E-state index in [-0.39, 0.29) is 11.6 Å². The molecule has 25 heavy (non-hydrogen) atoms. The molecule has 10 unspecified atom stereocenters. The summed E-state index contributed by atoms with van der Waals surface area (Å²) in [6.07, 6.45) is 10.0. The monoisotopic (exact) mass is 340 g/mol. The number of rotatable bonds is 0. The fourth-order valence-electron chi connectivity index (χ4n) is 10.0. The Labute approximate surface area is 149 Å². The molecule has 3 heteroatoms. The first kappa shape index (κ1) is 14.2. The number of ketones is 1. The van der Waals surface area contributed by atoms with Crippen molar-refractivity contribution in [3.05, 3.63) is 0 Å². The molecular weight excluding hydrogens is 312 g/mol. The van der Waals surface area contributed by atoms with Crippen molar-refractivity contribution in [1.82, 2.24) is 0 Å². The molecule has 0 aromatic rings. The number of carbonyl (C=O) groups excluding carboxylic acids is 2. The Kier molecular flexibility index (Phi) is 2.20. The summed E-state index contributed by atoms with van der Waals surface area (Å²) in [4.78, 5) is 24.0. The summed E-state index contributed by atoms with van der Waals surface area (Å²) in [6.45, 7) is 2.55. The molecule has 0 radical (unpaired) electrons. The van der Waals surface area contributed by atoms with Gasteiger partial charge in [0.1, 0.15) is 11.4 Å². The second-order valence-corrected chi connectivity index (χ2v) is 10.9. The molecule has 0 amide bonds. The molecule has 7 rings (SSSR count). The first-order valence-electron chi connectivity index (χ1n) is 10.7. The Morgan fingerprint density at radius 2 is 1.80 bits per heavy atom. The molecule has 0 bridgehead atoms. The van der Waals surface area contributed by atoms with Crippen LogP contribution in [-0.2, 0) is 14.3 Å². The number of Topliss-reactive ketones (excluding diaryl/α,β-unsaturated/α-hetero) is 1. The van der Waals surface area contributed by atoms with E-state index in [0.717, 1.165) is 55.3 Å². The maximum Gasteiger partial charge on any atom is 0.306 e. The zero-order chi connectivity index (χ0) is 16.8. The highest BCUT2D eigenvalue weighted by Gasteiger charge is 2.89. The van der Waals surface area contributed by atoms with E-state index in [2.05, 4.69) is 6.92 Å². The number of hydrogen-bond acceptors (Lipinski definition) is 3. The molecule has 1 saturated heterocycles. The Balaban J connectivity index is 1.28. The van der Waals surface area contributed by atoms with Crippen LogP contribution >= 0.6 is 0 Å². The van der Waals surface area contributed by atoms with E-state index in [0.29, 0.717) is 34.9 Å². The van der Waals surface area contributed by atoms with Gasteiger partial charge in [0, 0.05) is 24.2 Å². The van der Waals surface area contributed by atoms with Crippen LogP contribution in [0.3, 0.4) is 0 Å². The van der Waals surface area contributed by atoms with Gasteiger partial charge >= 0.3 is 5.97 Å². The van der Waals surface area contributed by atoms with E-state index in [1.807, 2.05) is 0 Å². The van der Waals surface area contributed by atoms with Crippen molar-refractivity contribution in [1.29, 1.82) is 0 Å². The van der Waals surface area contributed by atoms with Crippen molar-refractivity contribution < 1.29 is 14.3 Å². The predicted molar refractivity (Wildman–Crippen MR) is 90.4 cm³/mol. The minimum absolute atomic E-state index is 0.0234. The lowest BCUT2D eigenvalue weighted by Gasteiger charge is -2.58. The summed E-state index contributed by atoms with van der Waals surface area (Å²) in [5.41, 5.74) is 0.765. The normalized spacial score (nSPS) is 65.7. The van der Waals surface area contributed by atoms with Crippen molar-refractivity contribution in [3.63, 3.8) is 0 Å². The Bertz CT molecular complexity index is 727. The highest BCUT2D eigenvalue weighted by atomic mass is 16.6. The zero-order valence-corrected chi connectivity index (χ0v) is 15.1. The summed E-state index contributed by atoms with van der Waals surface area (Å²) < 4.78 is 6.00. The molecule has 7 aliphatic rings. The largest absolute Gasteiger partial charge is 0.458 e. The maximum atomic E-state index is 12.1. The lowest BCUT2D eigenvalue weighted by molar-refractivity contribution is -0.153. The molecule has 2 spiro atoms. The molecule has 1 aliphatic heterocycles. The van der Waals surface area contributed by atoms with Crippen LogP contribution in [0.25, 0.3) is 0 Å². The van der Waals surface area contributed by atoms with Crippen molar-refractivity contribution in [2.75, 3.05) is 0 Å². The van der Waals surface area contributed by atoms with Gasteiger partial charge in [-0.3, -0.25) is 9.59 Å². The Morgan fingerprint density at radius 3 is 2.64 bits per heavy atom. The fraction of sp³-hybridized carbons (Fsp3) is 0.909. The molecule has 0 N–H and O–H groups in total. The second kappa shape index (κ2) is 3.87. The van der Waals surface area contributed by atoms with E-state index < -0.39 is 0 Å². The molecule has 0 aromatic carbocycles. The standard InChI is InChI=1S/C22H28O3/c1-20-5-2-11(23)8-16(20)12-9-13(12)19-14(20)3-6-21-15(19)4-7-22(21)17(21)10-18(24)25-22/h12-17,19H,2-10H2,1H3. The van der Waals surface area contributed by atoms with Gasteiger partial charge in [0.25, 0.3) is 0 Å². The summed E-state index contributed by atoms with van der Waals surface area (Å²) in [5.74, 6) is 6.09. The SMILES string of the molecule is CC12CCC(=O)CC1C1CC1C1C2CCC23C1CCC21OC(=O)CC13. The van der Waals surface area contributed by atoms with Crippen LogP contribution in [0.1, 0.15) is 64.7 Å². The van der Waals surface area contributed by atoms with Crippen LogP contribution in [0.2, 0.25) is 0 Å². The number of fused-ring (bicyclic) bond motifs is 7. The average molecular weight is 340 g/mol. The van der Waals surface area contributed by atoms with Gasteiger partial charge in [-0.05, 0) is 79.4 Å². The van der Waals surface area contributed by atoms with Gasteiger partial charge in [-0.2, -0.15) is 0 Å². The summed E-state index contributed by atoms with van der Waals surface area (Å²) in [5, 5.41) is 0. The Morgan fingerprint density at radius 1 is 0.960 bits per heavy atom. The van der Waals surface area contributed by atoms with Crippen molar-refractivity contribution in [2.45, 2.75) is 70.3 Å². The van der Waals surface area contributed by atoms with Crippen LogP contribution in [0.15, 0.2) is 0 Å². The number of esters is 1. The summed E-state index contributed by atoms with van der Waals surface area (Å²) >= 11 is 0. The number of ether oxygens (including phenoxy) is 1. The minimum Gasteiger partial charge on any atom is -0.458 e. The number of hydrogen-bond donors (Lipinski definition) is 0. The molecule has 134 valence electrons. The third kappa shape index (κ3) is 1.30. The summed E-state index contributed by atoms with van der Waals surface area (Å²) in [7, 11) is 0. The van der Waals surface area contributed by atoms with Crippen LogP contribution in [0.4, 0.5) is 0 Å². The fourth-order valence-corrected chi connectivity index (χ4v) is 10.0. The van der Waals surface area contributed by atoms with Crippen LogP contribution in [0, 0.1) is 52.3 Å². The number of carbonyl (C=O) groups is 2. The lowest BCUT2D eigenvalue weighted by Crippen LogP contribution is -2.53. The van der Waals surface area contributed by atoms with E-state index in [4.69, 9.17) is 4.74 Å². The molecular formula is C22H28O3. The van der Waals surface area contributed by atoms with Crippen LogP contribution in [-0.4, -0.2) is 17.4 Å². The second-order valence-electron chi connectivity index (χ2n) is 10.9. The van der Waals surface area contributed by atoms with Crippen molar-refractivity contribution in [3.8, 4) is 0 Å². The molecule has 1 heterocycles. The maximum absolute atomic E-state index is 12.1. The highest BCUT2D eigenvalue weighted by molar-refractivity contribution is 5.80. The quantitative estimate of drug-likeness (QED) is 0.631. The molecule has 7 fully saturated rings. The first-order chi connectivity index (χ1) is 12.0. The van der Waals surface area contributed by atoms with Gasteiger partial charge in [0.15, 0.2) is 0 Å². The minimum atomic E-state index is -0.0234. The lowest BCUT2D eigenvalue weighted by atomic mass is 9.46. The van der Waals surface area contributed by atoms with Crippen molar-refractivity contribution >= 4 is 11.8 Å². The van der Waals surface area contributed by atoms with Gasteiger partial charge in [-0.15, -0.1) is 0 Å². The first-order valence-corrected chi connectivity index (χ1v) is 10.7. The van der Waals surface area contributed by atoms with Gasteiger partial charge in [0.2, 0.25) is 0 Å². The van der Waals surface area contributed by atoms with Gasteiger partial charge in [0.05, 0.1) is 6.42 Å². The molecule has 3 nitrogen and oxygen atoms in total. The smallest absolute Gasteiger partial charge is 0.306 e. The molecule has 10 atom stereocenters. The molecule has 0 aromatic heterocycles. The van der Waals surface area contributed by atoms with Crippen LogP contribution < -0.4 is 0 Å². The van der Waals surface area contributed by atoms with E-state index >= 15 is 0 Å². The van der Waals surface area contributed by atoms with E-state index in [9.17, 15) is 9.59 Å². The van der Waals surface area contributed by atoms with E-state index in [1.165, 1.54) is 25.7 Å². The van der Waals surface area contributed by atoms with Crippen molar-refractivity contribution in [2.24, 2.45) is 52.3 Å².